The molecule has 1 aromatic heterocycles. The van der Waals surface area contributed by atoms with Gasteiger partial charge in [0.1, 0.15) is 5.82 Å². The van der Waals surface area contributed by atoms with Gasteiger partial charge in [-0.2, -0.15) is 0 Å². The highest BCUT2D eigenvalue weighted by atomic mass is 32.2. The minimum atomic E-state index is -3.52. The molecule has 0 atom stereocenters. The molecular weight excluding hydrogens is 315 g/mol. The van der Waals surface area contributed by atoms with Crippen LogP contribution in [0.4, 0.5) is 15.8 Å². The van der Waals surface area contributed by atoms with Crippen LogP contribution >= 0.6 is 11.3 Å². The molecule has 0 aliphatic rings. The van der Waals surface area contributed by atoms with E-state index in [0.29, 0.717) is 0 Å². The number of rotatable bonds is 5. The summed E-state index contributed by atoms with van der Waals surface area (Å²) in [7, 11) is -3.52. The highest BCUT2D eigenvalue weighted by Crippen LogP contribution is 2.24. The highest BCUT2D eigenvalue weighted by Gasteiger charge is 2.12. The molecule has 1 heterocycles. The van der Waals surface area contributed by atoms with Crippen molar-refractivity contribution in [3.63, 3.8) is 0 Å². The second kappa shape index (κ2) is 6.23. The van der Waals surface area contributed by atoms with Crippen LogP contribution in [0.25, 0.3) is 0 Å². The molecule has 0 bridgehead atoms. The van der Waals surface area contributed by atoms with Crippen molar-refractivity contribution in [2.75, 3.05) is 16.3 Å². The standard InChI is InChI=1S/C13H13FN2O3S2/c1-21(18,19)16-11-5-4-9(14)7-12(11)15-13(17)8-10-3-2-6-20-10/h2-7,16H,8H2,1H3,(H,15,17). The first-order valence-corrected chi connectivity index (χ1v) is 8.70. The fourth-order valence-electron chi connectivity index (χ4n) is 1.67. The first kappa shape index (κ1) is 15.5. The normalized spacial score (nSPS) is 11.1. The second-order valence-corrected chi connectivity index (χ2v) is 7.15. The Labute approximate surface area is 125 Å². The number of carbonyl (C=O) groups excluding carboxylic acids is 1. The van der Waals surface area contributed by atoms with Gasteiger partial charge in [-0.25, -0.2) is 12.8 Å². The molecular formula is C13H13FN2O3S2. The van der Waals surface area contributed by atoms with Crippen molar-refractivity contribution in [1.29, 1.82) is 0 Å². The van der Waals surface area contributed by atoms with E-state index in [1.54, 1.807) is 0 Å². The van der Waals surface area contributed by atoms with E-state index in [9.17, 15) is 17.6 Å². The molecule has 0 spiro atoms. The number of amides is 1. The van der Waals surface area contributed by atoms with Crippen LogP contribution in [0.5, 0.6) is 0 Å². The Balaban J connectivity index is 2.18. The van der Waals surface area contributed by atoms with Crippen molar-refractivity contribution in [3.8, 4) is 0 Å². The molecule has 2 rings (SSSR count). The lowest BCUT2D eigenvalue weighted by Crippen LogP contribution is -2.17. The summed E-state index contributed by atoms with van der Waals surface area (Å²) < 4.78 is 38.0. The van der Waals surface area contributed by atoms with Crippen molar-refractivity contribution in [2.45, 2.75) is 6.42 Å². The minimum absolute atomic E-state index is 0.0852. The van der Waals surface area contributed by atoms with Gasteiger partial charge in [0, 0.05) is 4.88 Å². The third-order valence-corrected chi connectivity index (χ3v) is 3.93. The zero-order valence-electron chi connectivity index (χ0n) is 11.1. The number of anilines is 2. The van der Waals surface area contributed by atoms with Crippen LogP contribution in [0.1, 0.15) is 4.88 Å². The van der Waals surface area contributed by atoms with E-state index < -0.39 is 15.8 Å². The molecule has 2 aromatic rings. The number of benzene rings is 1. The summed E-state index contributed by atoms with van der Waals surface area (Å²) in [6.07, 6.45) is 1.13. The van der Waals surface area contributed by atoms with Crippen LogP contribution in [0.2, 0.25) is 0 Å². The van der Waals surface area contributed by atoms with E-state index in [-0.39, 0.29) is 23.7 Å². The lowest BCUT2D eigenvalue weighted by atomic mass is 10.2. The zero-order valence-corrected chi connectivity index (χ0v) is 12.7. The predicted molar refractivity (Wildman–Crippen MR) is 81.5 cm³/mol. The molecule has 0 aliphatic heterocycles. The molecule has 21 heavy (non-hydrogen) atoms. The third-order valence-electron chi connectivity index (χ3n) is 2.47. The van der Waals surface area contributed by atoms with Crippen LogP contribution in [0.15, 0.2) is 35.7 Å². The molecule has 1 amide bonds. The van der Waals surface area contributed by atoms with E-state index in [1.165, 1.54) is 17.4 Å². The Hall–Kier alpha value is -1.93. The SMILES string of the molecule is CS(=O)(=O)Nc1ccc(F)cc1NC(=O)Cc1cccs1. The predicted octanol–water partition coefficient (Wildman–Crippen LogP) is 2.44. The fraction of sp³-hybridized carbons (Fsp3) is 0.154. The summed E-state index contributed by atoms with van der Waals surface area (Å²) in [5.74, 6) is -0.917. The number of nitrogens with one attached hydrogen (secondary N) is 2. The summed E-state index contributed by atoms with van der Waals surface area (Å²) >= 11 is 1.43. The monoisotopic (exact) mass is 328 g/mol. The van der Waals surface area contributed by atoms with Crippen LogP contribution in [0.3, 0.4) is 0 Å². The van der Waals surface area contributed by atoms with Gasteiger partial charge in [0.05, 0.1) is 24.1 Å². The van der Waals surface area contributed by atoms with Crippen LogP contribution < -0.4 is 10.0 Å². The lowest BCUT2D eigenvalue weighted by molar-refractivity contribution is -0.115. The Bertz CT molecular complexity index is 743. The summed E-state index contributed by atoms with van der Waals surface area (Å²) in [4.78, 5) is 12.8. The fourth-order valence-corrected chi connectivity index (χ4v) is 2.96. The molecule has 112 valence electrons. The molecule has 8 heteroatoms. The maximum atomic E-state index is 13.3. The Morgan fingerprint density at radius 1 is 1.29 bits per heavy atom. The Kier molecular flexibility index (Phi) is 4.59. The van der Waals surface area contributed by atoms with Crippen LogP contribution in [-0.4, -0.2) is 20.6 Å². The molecule has 0 unspecified atom stereocenters. The van der Waals surface area contributed by atoms with Gasteiger partial charge in [-0.3, -0.25) is 9.52 Å². The number of hydrogen-bond acceptors (Lipinski definition) is 4. The molecule has 0 saturated heterocycles. The topological polar surface area (TPSA) is 75.3 Å². The van der Waals surface area contributed by atoms with E-state index in [4.69, 9.17) is 0 Å². The van der Waals surface area contributed by atoms with Gasteiger partial charge in [-0.15, -0.1) is 11.3 Å². The van der Waals surface area contributed by atoms with Gasteiger partial charge < -0.3 is 5.32 Å². The van der Waals surface area contributed by atoms with Gasteiger partial charge >= 0.3 is 0 Å². The number of sulfonamides is 1. The second-order valence-electron chi connectivity index (χ2n) is 4.37. The van der Waals surface area contributed by atoms with Crippen molar-refractivity contribution in [3.05, 3.63) is 46.4 Å². The molecule has 0 radical (unpaired) electrons. The zero-order chi connectivity index (χ0) is 15.5. The quantitative estimate of drug-likeness (QED) is 0.885. The molecule has 1 aromatic carbocycles. The van der Waals surface area contributed by atoms with Crippen LogP contribution in [-0.2, 0) is 21.2 Å². The molecule has 0 fully saturated rings. The van der Waals surface area contributed by atoms with Crippen molar-refractivity contribution in [2.24, 2.45) is 0 Å². The number of halogens is 1. The van der Waals surface area contributed by atoms with Gasteiger partial charge in [0.2, 0.25) is 15.9 Å². The summed E-state index contributed by atoms with van der Waals surface area (Å²) in [6, 6.07) is 7.08. The number of thiophene rings is 1. The van der Waals surface area contributed by atoms with Gasteiger partial charge in [0.25, 0.3) is 0 Å². The number of carbonyl (C=O) groups is 1. The maximum Gasteiger partial charge on any atom is 0.229 e. The molecule has 5 nitrogen and oxygen atoms in total. The Morgan fingerprint density at radius 3 is 2.67 bits per heavy atom. The lowest BCUT2D eigenvalue weighted by Gasteiger charge is -2.12. The van der Waals surface area contributed by atoms with Crippen LogP contribution in [0, 0.1) is 5.82 Å². The van der Waals surface area contributed by atoms with E-state index >= 15 is 0 Å². The third kappa shape index (κ3) is 4.83. The summed E-state index contributed by atoms with van der Waals surface area (Å²) in [5.41, 5.74) is 0.209. The molecule has 0 aliphatic carbocycles. The average Bonchev–Trinajstić information content (AvgIpc) is 2.84. The van der Waals surface area contributed by atoms with Crippen molar-refractivity contribution < 1.29 is 17.6 Å². The van der Waals surface area contributed by atoms with E-state index in [1.807, 2.05) is 17.5 Å². The van der Waals surface area contributed by atoms with Gasteiger partial charge in [0.15, 0.2) is 0 Å². The highest BCUT2D eigenvalue weighted by molar-refractivity contribution is 7.92. The first-order valence-electron chi connectivity index (χ1n) is 5.93. The van der Waals surface area contributed by atoms with Gasteiger partial charge in [-0.1, -0.05) is 6.07 Å². The summed E-state index contributed by atoms with van der Waals surface area (Å²) in [6.45, 7) is 0. The van der Waals surface area contributed by atoms with Gasteiger partial charge in [-0.05, 0) is 29.6 Å². The minimum Gasteiger partial charge on any atom is -0.324 e. The largest absolute Gasteiger partial charge is 0.324 e. The van der Waals surface area contributed by atoms with Crippen molar-refractivity contribution >= 4 is 38.6 Å². The average molecular weight is 328 g/mol. The Morgan fingerprint density at radius 2 is 2.05 bits per heavy atom. The van der Waals surface area contributed by atoms with Crippen molar-refractivity contribution in [1.82, 2.24) is 0 Å². The first-order chi connectivity index (χ1) is 9.83. The smallest absolute Gasteiger partial charge is 0.229 e. The summed E-state index contributed by atoms with van der Waals surface area (Å²) in [5, 5.41) is 4.36. The maximum absolute atomic E-state index is 13.3. The van der Waals surface area contributed by atoms with E-state index in [0.717, 1.165) is 23.3 Å². The molecule has 2 N–H and O–H groups in total. The molecule has 0 saturated carbocycles. The van der Waals surface area contributed by atoms with E-state index in [2.05, 4.69) is 10.0 Å². The number of hydrogen-bond donors (Lipinski definition) is 2.